The summed E-state index contributed by atoms with van der Waals surface area (Å²) in [5, 5.41) is 14.5. The Labute approximate surface area is 283 Å². The van der Waals surface area contributed by atoms with E-state index in [-0.39, 0.29) is 31.1 Å². The van der Waals surface area contributed by atoms with E-state index in [4.69, 9.17) is 9.47 Å². The van der Waals surface area contributed by atoms with Crippen molar-refractivity contribution in [2.24, 2.45) is 17.8 Å². The number of anilines is 1. The van der Waals surface area contributed by atoms with E-state index in [0.29, 0.717) is 17.8 Å². The Kier molecular flexibility index (Phi) is 13.6. The van der Waals surface area contributed by atoms with Gasteiger partial charge in [0.15, 0.2) is 0 Å². The average Bonchev–Trinajstić information content (AvgIpc) is 2.92. The Hall–Kier alpha value is -0.458. The monoisotopic (exact) mass is 1070 g/mol. The summed E-state index contributed by atoms with van der Waals surface area (Å²) in [6.45, 7) is 4.59. The van der Waals surface area contributed by atoms with Crippen molar-refractivity contribution in [1.82, 2.24) is 0 Å². The number of ether oxygens (including phenoxy) is 2. The van der Waals surface area contributed by atoms with Crippen LogP contribution in [0.2, 0.25) is 0 Å². The van der Waals surface area contributed by atoms with Crippen molar-refractivity contribution in [2.75, 3.05) is 7.70 Å². The molecule has 3 aromatic rings. The van der Waals surface area contributed by atoms with Crippen molar-refractivity contribution in [3.63, 3.8) is 0 Å². The van der Waals surface area contributed by atoms with Crippen LogP contribution in [0.5, 0.6) is 17.2 Å². The van der Waals surface area contributed by atoms with Crippen LogP contribution < -0.4 is 30.3 Å². The molecule has 0 heterocycles. The second-order valence-corrected chi connectivity index (χ2v) is 13.7. The Bertz CT molecular complexity index is 1210. The zero-order chi connectivity index (χ0) is 26.2. The number of alkyl halides is 1. The van der Waals surface area contributed by atoms with Gasteiger partial charge >= 0.3 is 132 Å². The van der Waals surface area contributed by atoms with E-state index in [1.165, 1.54) is 14.1 Å². The molecule has 0 saturated heterocycles. The Morgan fingerprint density at radius 2 is 1.45 bits per heavy atom. The first-order valence-electron chi connectivity index (χ1n) is 12.0. The van der Waals surface area contributed by atoms with E-state index in [2.05, 4.69) is 78.6 Å². The van der Waals surface area contributed by atoms with Gasteiger partial charge < -0.3 is 4.74 Å². The minimum absolute atomic E-state index is 0. The van der Waals surface area contributed by atoms with Gasteiger partial charge in [0.2, 0.25) is 0 Å². The summed E-state index contributed by atoms with van der Waals surface area (Å²) in [6, 6.07) is 22.9. The molecule has 0 radical (unpaired) electrons. The maximum absolute atomic E-state index is 9.82. The number of halogens is 3. The fourth-order valence-electron chi connectivity index (χ4n) is 3.96. The first kappa shape index (κ1) is 32.1. The fraction of sp³-hybridized carbons (Fsp3) is 0.241. The molecule has 1 unspecified atom stereocenters. The van der Waals surface area contributed by atoms with Gasteiger partial charge in [-0.15, -0.1) is 0 Å². The van der Waals surface area contributed by atoms with Gasteiger partial charge in [0, 0.05) is 35.5 Å². The van der Waals surface area contributed by atoms with Crippen LogP contribution in [0.15, 0.2) is 96.8 Å². The van der Waals surface area contributed by atoms with Crippen molar-refractivity contribution in [1.29, 1.82) is 0 Å². The van der Waals surface area contributed by atoms with Crippen LogP contribution >= 0.6 is 41.2 Å². The summed E-state index contributed by atoms with van der Waals surface area (Å²) in [6.07, 6.45) is 7.77. The molecular weight excluding hydrogens is 1040 g/mol. The van der Waals surface area contributed by atoms with Gasteiger partial charge in [0.25, 0.3) is 0 Å². The molecule has 0 spiro atoms. The van der Waals surface area contributed by atoms with E-state index < -0.39 is 17.5 Å². The van der Waals surface area contributed by atoms with E-state index in [0.717, 1.165) is 40.1 Å². The molecule has 0 bridgehead atoms. The zero-order valence-corrected chi connectivity index (χ0v) is 31.7. The smallest absolute Gasteiger partial charge is 0 e. The maximum Gasteiger partial charge on any atom is 0 e. The third-order valence-electron chi connectivity index (χ3n) is 6.07. The molecule has 200 valence electrons. The Balaban J connectivity index is 0.00000400. The van der Waals surface area contributed by atoms with Crippen molar-refractivity contribution >= 4 is 58.3 Å². The van der Waals surface area contributed by atoms with E-state index in [1.807, 2.05) is 72.8 Å². The zero-order valence-electron chi connectivity index (χ0n) is 21.1. The molecule has 1 N–H and O–H groups in total. The number of hydrogen-bond acceptors (Lipinski definition) is 4. The SMILES string of the molecule is C[C@H](CI)CC1C=C(Oc2ccc(Oc3ccc([N-]c4ccc(N(O)[I-]I)cc4)cc3)cc2)C=C[C@H]1C.[U]. The summed E-state index contributed by atoms with van der Waals surface area (Å²) >= 11 is 4.25. The molecule has 3 atom stereocenters. The average molecular weight is 1070 g/mol. The molecule has 0 saturated carbocycles. The molecule has 5 nitrogen and oxygen atoms in total. The number of nitrogens with zero attached hydrogens (tertiary/aromatic N) is 2. The van der Waals surface area contributed by atoms with E-state index in [1.54, 1.807) is 0 Å². The van der Waals surface area contributed by atoms with Crippen LogP contribution in [-0.2, 0) is 0 Å². The number of rotatable bonds is 11. The summed E-state index contributed by atoms with van der Waals surface area (Å²) in [5.41, 5.74) is 2.45. The molecule has 1 aliphatic carbocycles. The molecule has 38 heavy (non-hydrogen) atoms. The molecule has 4 rings (SSSR count). The van der Waals surface area contributed by atoms with Crippen molar-refractivity contribution < 1.29 is 63.3 Å². The van der Waals surface area contributed by atoms with Gasteiger partial charge in [-0.3, -0.25) is 0 Å². The van der Waals surface area contributed by atoms with E-state index in [9.17, 15) is 5.21 Å². The minimum Gasteiger partial charge on any atom is -0.0774 e. The van der Waals surface area contributed by atoms with Gasteiger partial charge in [-0.2, -0.15) is 0 Å². The molecule has 3 aromatic carbocycles. The Morgan fingerprint density at radius 1 is 0.921 bits per heavy atom. The number of benzene rings is 3. The third-order valence-corrected chi connectivity index (χ3v) is 10.8. The predicted molar refractivity (Wildman–Crippen MR) is 164 cm³/mol. The fourth-order valence-corrected chi connectivity index (χ4v) is 6.26. The number of allylic oxidation sites excluding steroid dienone is 3. The van der Waals surface area contributed by atoms with Crippen LogP contribution in [0.3, 0.4) is 0 Å². The van der Waals surface area contributed by atoms with Crippen molar-refractivity contribution in [3.05, 3.63) is 102 Å². The molecule has 0 fully saturated rings. The second kappa shape index (κ2) is 16.1. The molecule has 0 aliphatic heterocycles. The maximum atomic E-state index is 9.82. The van der Waals surface area contributed by atoms with Gasteiger partial charge in [-0.05, 0) is 60.6 Å². The van der Waals surface area contributed by atoms with Crippen LogP contribution in [-0.4, -0.2) is 9.63 Å². The summed E-state index contributed by atoms with van der Waals surface area (Å²) in [7, 11) is 0. The Morgan fingerprint density at radius 3 is 2.00 bits per heavy atom. The van der Waals surface area contributed by atoms with Crippen molar-refractivity contribution in [3.8, 4) is 17.2 Å². The topological polar surface area (TPSA) is 56.0 Å². The quantitative estimate of drug-likeness (QED) is 0.0983. The van der Waals surface area contributed by atoms with Gasteiger partial charge in [0.1, 0.15) is 11.5 Å². The predicted octanol–water partition coefficient (Wildman–Crippen LogP) is 6.91. The van der Waals surface area contributed by atoms with Crippen LogP contribution in [0.25, 0.3) is 5.32 Å². The van der Waals surface area contributed by atoms with Gasteiger partial charge in [-0.1, -0.05) is 42.5 Å². The van der Waals surface area contributed by atoms with Gasteiger partial charge in [-0.25, -0.2) is 0 Å². The molecule has 0 amide bonds. The second-order valence-electron chi connectivity index (χ2n) is 9.07. The molecule has 1 aliphatic rings. The van der Waals surface area contributed by atoms with Crippen LogP contribution in [0.1, 0.15) is 20.3 Å². The molecule has 9 heteroatoms. The first-order valence-corrected chi connectivity index (χ1v) is 20.8. The summed E-state index contributed by atoms with van der Waals surface area (Å²) < 4.78 is 14.6. The summed E-state index contributed by atoms with van der Waals surface area (Å²) in [4.78, 5) is 0. The largest absolute Gasteiger partial charge is 0.0774 e. The first-order chi connectivity index (χ1) is 17.9. The standard InChI is InChI=1S/C29H29I3N2O3.U/c1-20(19-30)17-22-18-29(10-3-21(22)2)37-28-15-13-27(14-16-28)36-26-11-6-24(7-12-26)33-23-4-8-25(9-5-23)34(35)32-31;/h3-16,18,20-22,35H,17,19H2,1-2H3;/q-2;/t20-,21+,22?;/m0./s1. The normalized spacial score (nSPS) is 17.2. The summed E-state index contributed by atoms with van der Waals surface area (Å²) in [5.74, 6) is 4.93. The van der Waals surface area contributed by atoms with E-state index >= 15 is 0 Å². The number of hydrogen-bond donors (Lipinski definition) is 1. The molecule has 0 aromatic heterocycles. The minimum atomic E-state index is -0.430. The van der Waals surface area contributed by atoms with Gasteiger partial charge in [0.05, 0.1) is 0 Å². The van der Waals surface area contributed by atoms with Crippen LogP contribution in [0.4, 0.5) is 17.1 Å². The molecular formula is C29H29I3N2O3U-2. The third kappa shape index (κ3) is 9.58. The van der Waals surface area contributed by atoms with Crippen molar-refractivity contribution in [2.45, 2.75) is 20.3 Å². The van der Waals surface area contributed by atoms with Crippen LogP contribution in [0, 0.1) is 48.9 Å².